The Bertz CT molecular complexity index is 1540. The number of fused-ring (bicyclic) bond motifs is 1. The van der Waals surface area contributed by atoms with E-state index in [0.29, 0.717) is 34.2 Å². The lowest BCUT2D eigenvalue weighted by molar-refractivity contribution is -0.113. The van der Waals surface area contributed by atoms with E-state index in [4.69, 9.17) is 4.42 Å². The van der Waals surface area contributed by atoms with Crippen molar-refractivity contribution in [2.45, 2.75) is 25.2 Å². The summed E-state index contributed by atoms with van der Waals surface area (Å²) in [5.74, 6) is 1.11. The third kappa shape index (κ3) is 5.20. The van der Waals surface area contributed by atoms with Crippen molar-refractivity contribution in [1.82, 2.24) is 19.3 Å². The number of amides is 1. The number of nitrogens with zero attached hydrogens (tertiary/aromatic N) is 4. The third-order valence-corrected chi connectivity index (χ3v) is 6.43. The fourth-order valence-corrected chi connectivity index (χ4v) is 4.61. The molecule has 176 valence electrons. The molecule has 5 aromatic rings. The predicted molar refractivity (Wildman–Crippen MR) is 136 cm³/mol. The van der Waals surface area contributed by atoms with Crippen molar-refractivity contribution in [3.05, 3.63) is 106 Å². The minimum absolute atomic E-state index is 0.0819. The Balaban J connectivity index is 1.33. The number of nitrogens with one attached hydrogen (secondary N) is 1. The molecule has 0 unspecified atom stereocenters. The fourth-order valence-electron chi connectivity index (χ4n) is 3.81. The summed E-state index contributed by atoms with van der Waals surface area (Å²) in [4.78, 5) is 30.6. The lowest BCUT2D eigenvalue weighted by Gasteiger charge is -2.13. The second kappa shape index (κ2) is 10.0. The van der Waals surface area contributed by atoms with Gasteiger partial charge in [0.2, 0.25) is 5.91 Å². The summed E-state index contributed by atoms with van der Waals surface area (Å²) in [6.07, 6.45) is 3.22. The van der Waals surface area contributed by atoms with Crippen LogP contribution in [0.2, 0.25) is 0 Å². The first kappa shape index (κ1) is 22.7. The van der Waals surface area contributed by atoms with Crippen molar-refractivity contribution in [3.8, 4) is 0 Å². The van der Waals surface area contributed by atoms with E-state index < -0.39 is 0 Å². The van der Waals surface area contributed by atoms with Crippen LogP contribution in [-0.4, -0.2) is 31.0 Å². The molecule has 0 aliphatic heterocycles. The Kier molecular flexibility index (Phi) is 6.49. The molecule has 0 fully saturated rings. The summed E-state index contributed by atoms with van der Waals surface area (Å²) >= 11 is 1.21. The smallest absolute Gasteiger partial charge is 0.262 e. The number of carbonyl (C=O) groups excluding carboxylic acids is 1. The van der Waals surface area contributed by atoms with Gasteiger partial charge in [0.05, 0.1) is 42.2 Å². The van der Waals surface area contributed by atoms with Crippen molar-refractivity contribution < 1.29 is 9.21 Å². The molecule has 1 N–H and O–H groups in total. The number of thioether (sulfide) groups is 1. The van der Waals surface area contributed by atoms with Crippen LogP contribution < -0.4 is 10.9 Å². The Labute approximate surface area is 205 Å². The number of benzene rings is 2. The van der Waals surface area contributed by atoms with Crippen LogP contribution in [0.4, 0.5) is 5.82 Å². The molecule has 35 heavy (non-hydrogen) atoms. The van der Waals surface area contributed by atoms with Crippen molar-refractivity contribution in [2.24, 2.45) is 0 Å². The predicted octanol–water partition coefficient (Wildman–Crippen LogP) is 4.32. The van der Waals surface area contributed by atoms with Crippen molar-refractivity contribution >= 4 is 34.4 Å². The highest BCUT2D eigenvalue weighted by molar-refractivity contribution is 7.99. The van der Waals surface area contributed by atoms with Crippen molar-refractivity contribution in [2.75, 3.05) is 11.1 Å². The molecule has 1 amide bonds. The first-order valence-electron chi connectivity index (χ1n) is 11.1. The maximum Gasteiger partial charge on any atom is 0.262 e. The molecule has 8 nitrogen and oxygen atoms in total. The highest BCUT2D eigenvalue weighted by Gasteiger charge is 2.15. The molecular weight excluding hydrogens is 462 g/mol. The molecule has 0 saturated carbocycles. The van der Waals surface area contributed by atoms with Gasteiger partial charge in [-0.1, -0.05) is 53.7 Å². The van der Waals surface area contributed by atoms with Gasteiger partial charge in [-0.2, -0.15) is 5.10 Å². The van der Waals surface area contributed by atoms with Gasteiger partial charge < -0.3 is 9.73 Å². The van der Waals surface area contributed by atoms with Crippen LogP contribution in [0.5, 0.6) is 0 Å². The molecule has 2 aromatic carbocycles. The minimum atomic E-state index is -0.215. The zero-order valence-corrected chi connectivity index (χ0v) is 19.9. The fraction of sp³-hybridized carbons (Fsp3) is 0.154. The number of rotatable bonds is 8. The van der Waals surface area contributed by atoms with Gasteiger partial charge in [-0.05, 0) is 36.8 Å². The standard InChI is InChI=1S/C26H23N5O3S/c1-18-6-4-7-19(14-18)15-31-23(11-12-27-31)29-24(32)17-35-26-28-22-10-3-2-9-21(22)25(33)30(26)16-20-8-5-13-34-20/h2-14H,15-17H2,1H3,(H,29,32). The summed E-state index contributed by atoms with van der Waals surface area (Å²) in [6, 6.07) is 20.7. The summed E-state index contributed by atoms with van der Waals surface area (Å²) in [5.41, 5.74) is 2.68. The highest BCUT2D eigenvalue weighted by atomic mass is 32.2. The normalized spacial score (nSPS) is 11.1. The molecule has 0 spiro atoms. The van der Waals surface area contributed by atoms with Gasteiger partial charge in [0.1, 0.15) is 11.6 Å². The maximum absolute atomic E-state index is 13.2. The summed E-state index contributed by atoms with van der Waals surface area (Å²) in [5, 5.41) is 8.23. The van der Waals surface area contributed by atoms with Gasteiger partial charge >= 0.3 is 0 Å². The number of aromatic nitrogens is 4. The van der Waals surface area contributed by atoms with E-state index in [-0.39, 0.29) is 23.8 Å². The van der Waals surface area contributed by atoms with Crippen LogP contribution in [0, 0.1) is 6.92 Å². The molecule has 3 heterocycles. The quantitative estimate of drug-likeness (QED) is 0.260. The van der Waals surface area contributed by atoms with E-state index in [1.165, 1.54) is 17.3 Å². The van der Waals surface area contributed by atoms with Gasteiger partial charge in [-0.15, -0.1) is 0 Å². The Morgan fingerprint density at radius 3 is 2.77 bits per heavy atom. The van der Waals surface area contributed by atoms with Crippen LogP contribution in [0.3, 0.4) is 0 Å². The average Bonchev–Trinajstić information content (AvgIpc) is 3.52. The Morgan fingerprint density at radius 2 is 1.94 bits per heavy atom. The number of anilines is 1. The molecule has 9 heteroatoms. The van der Waals surface area contributed by atoms with Crippen LogP contribution in [-0.2, 0) is 17.9 Å². The number of aryl methyl sites for hydroxylation is 1. The molecule has 0 bridgehead atoms. The molecule has 0 radical (unpaired) electrons. The average molecular weight is 486 g/mol. The van der Waals surface area contributed by atoms with Crippen LogP contribution in [0.15, 0.2) is 93.6 Å². The number of furan rings is 1. The number of carbonyl (C=O) groups is 1. The molecule has 3 aromatic heterocycles. The summed E-state index contributed by atoms with van der Waals surface area (Å²) in [6.45, 7) is 2.82. The van der Waals surface area contributed by atoms with Crippen LogP contribution in [0.25, 0.3) is 10.9 Å². The Morgan fingerprint density at radius 1 is 1.06 bits per heavy atom. The van der Waals surface area contributed by atoms with Gasteiger partial charge in [-0.25, -0.2) is 9.67 Å². The second-order valence-corrected chi connectivity index (χ2v) is 9.02. The monoisotopic (exact) mass is 485 g/mol. The lowest BCUT2D eigenvalue weighted by Crippen LogP contribution is -2.25. The van der Waals surface area contributed by atoms with Crippen molar-refractivity contribution in [1.29, 1.82) is 0 Å². The molecule has 0 atom stereocenters. The molecule has 0 aliphatic carbocycles. The first-order chi connectivity index (χ1) is 17.1. The van der Waals surface area contributed by atoms with E-state index >= 15 is 0 Å². The lowest BCUT2D eigenvalue weighted by atomic mass is 10.1. The van der Waals surface area contributed by atoms with Gasteiger partial charge in [0.25, 0.3) is 5.56 Å². The van der Waals surface area contributed by atoms with Crippen LogP contribution >= 0.6 is 11.8 Å². The van der Waals surface area contributed by atoms with E-state index in [1.807, 2.05) is 37.3 Å². The zero-order chi connectivity index (χ0) is 24.2. The van der Waals surface area contributed by atoms with E-state index in [9.17, 15) is 9.59 Å². The van der Waals surface area contributed by atoms with Gasteiger partial charge in [0.15, 0.2) is 5.16 Å². The highest BCUT2D eigenvalue weighted by Crippen LogP contribution is 2.20. The third-order valence-electron chi connectivity index (χ3n) is 5.45. The number of hydrogen-bond donors (Lipinski definition) is 1. The van der Waals surface area contributed by atoms with E-state index in [0.717, 1.165) is 5.56 Å². The largest absolute Gasteiger partial charge is 0.467 e. The van der Waals surface area contributed by atoms with Crippen molar-refractivity contribution in [3.63, 3.8) is 0 Å². The SMILES string of the molecule is Cc1cccc(Cn2nccc2NC(=O)CSc2nc3ccccc3c(=O)n2Cc2ccco2)c1. The summed E-state index contributed by atoms with van der Waals surface area (Å²) < 4.78 is 8.73. The molecule has 0 saturated heterocycles. The Hall–Kier alpha value is -4.11. The second-order valence-electron chi connectivity index (χ2n) is 8.08. The van der Waals surface area contributed by atoms with E-state index in [2.05, 4.69) is 21.5 Å². The molecular formula is C26H23N5O3S. The van der Waals surface area contributed by atoms with Crippen LogP contribution in [0.1, 0.15) is 16.9 Å². The van der Waals surface area contributed by atoms with Gasteiger partial charge in [0, 0.05) is 6.07 Å². The van der Waals surface area contributed by atoms with Gasteiger partial charge in [-0.3, -0.25) is 14.2 Å². The number of hydrogen-bond acceptors (Lipinski definition) is 6. The zero-order valence-electron chi connectivity index (χ0n) is 19.0. The molecule has 0 aliphatic rings. The first-order valence-corrected chi connectivity index (χ1v) is 12.1. The summed E-state index contributed by atoms with van der Waals surface area (Å²) in [7, 11) is 0. The maximum atomic E-state index is 13.2. The number of para-hydroxylation sites is 1. The molecule has 5 rings (SSSR count). The van der Waals surface area contributed by atoms with E-state index in [1.54, 1.807) is 52.0 Å². The topological polar surface area (TPSA) is 95.0 Å². The minimum Gasteiger partial charge on any atom is -0.467 e.